The molecule has 31 heavy (non-hydrogen) atoms. The fraction of sp³-hybridized carbons (Fsp3) is 0.462. The highest BCUT2D eigenvalue weighted by Gasteiger charge is 2.28. The van der Waals surface area contributed by atoms with Crippen LogP contribution in [0.2, 0.25) is 0 Å². The predicted octanol–water partition coefficient (Wildman–Crippen LogP) is 5.34. The number of amides is 2. The third-order valence-corrected chi connectivity index (χ3v) is 6.46. The van der Waals surface area contributed by atoms with E-state index in [1.54, 1.807) is 16.7 Å². The van der Waals surface area contributed by atoms with Crippen molar-refractivity contribution in [2.24, 2.45) is 0 Å². The maximum absolute atomic E-state index is 13.2. The van der Waals surface area contributed by atoms with Crippen molar-refractivity contribution >= 4 is 23.6 Å². The molecule has 0 aromatic heterocycles. The molecule has 2 aromatic rings. The quantitative estimate of drug-likeness (QED) is 0.453. The van der Waals surface area contributed by atoms with Crippen molar-refractivity contribution in [3.63, 3.8) is 0 Å². The van der Waals surface area contributed by atoms with Crippen LogP contribution in [0.25, 0.3) is 0 Å². The molecular weight excluding hydrogens is 404 g/mol. The molecule has 0 bridgehead atoms. The van der Waals surface area contributed by atoms with E-state index in [9.17, 15) is 9.59 Å². The van der Waals surface area contributed by atoms with Crippen molar-refractivity contribution in [3.05, 3.63) is 71.3 Å². The van der Waals surface area contributed by atoms with Gasteiger partial charge in [-0.25, -0.2) is 0 Å². The second-order valence-corrected chi connectivity index (χ2v) is 9.14. The molecular formula is C26H36N2O2S. The smallest absolute Gasteiger partial charge is 0.243 e. The normalized spacial score (nSPS) is 12.8. The number of nitrogens with zero attached hydrogens (tertiary/aromatic N) is 1. The molecule has 0 unspecified atom stereocenters. The molecule has 168 valence electrons. The third-order valence-electron chi connectivity index (χ3n) is 5.43. The summed E-state index contributed by atoms with van der Waals surface area (Å²) in [6.45, 7) is 8.52. The highest BCUT2D eigenvalue weighted by atomic mass is 32.2. The third kappa shape index (κ3) is 8.41. The lowest BCUT2D eigenvalue weighted by Crippen LogP contribution is -2.50. The van der Waals surface area contributed by atoms with Gasteiger partial charge in [-0.3, -0.25) is 9.59 Å². The van der Waals surface area contributed by atoms with Gasteiger partial charge < -0.3 is 10.2 Å². The van der Waals surface area contributed by atoms with Crippen molar-refractivity contribution in [3.8, 4) is 0 Å². The number of nitrogens with one attached hydrogen (secondary N) is 1. The molecule has 2 rings (SSSR count). The molecule has 0 saturated heterocycles. The molecule has 2 atom stereocenters. The van der Waals surface area contributed by atoms with Gasteiger partial charge in [0.1, 0.15) is 6.04 Å². The van der Waals surface area contributed by atoms with Gasteiger partial charge in [-0.05, 0) is 37.8 Å². The van der Waals surface area contributed by atoms with Crippen molar-refractivity contribution < 1.29 is 9.59 Å². The highest BCUT2D eigenvalue weighted by Crippen LogP contribution is 2.18. The molecule has 2 aromatic carbocycles. The van der Waals surface area contributed by atoms with E-state index >= 15 is 0 Å². The van der Waals surface area contributed by atoms with E-state index in [0.717, 1.165) is 23.5 Å². The van der Waals surface area contributed by atoms with Crippen LogP contribution in [0.5, 0.6) is 0 Å². The second kappa shape index (κ2) is 13.2. The zero-order chi connectivity index (χ0) is 22.6. The predicted molar refractivity (Wildman–Crippen MR) is 131 cm³/mol. The lowest BCUT2D eigenvalue weighted by Gasteiger charge is -2.31. The minimum absolute atomic E-state index is 0.0345. The van der Waals surface area contributed by atoms with Crippen LogP contribution in [0.4, 0.5) is 0 Å². The van der Waals surface area contributed by atoms with Crippen LogP contribution >= 0.6 is 11.8 Å². The average Bonchev–Trinajstić information content (AvgIpc) is 2.78. The van der Waals surface area contributed by atoms with Gasteiger partial charge in [0.2, 0.25) is 11.8 Å². The lowest BCUT2D eigenvalue weighted by atomic mass is 10.1. The Morgan fingerprint density at radius 1 is 0.968 bits per heavy atom. The summed E-state index contributed by atoms with van der Waals surface area (Å²) >= 11 is 1.75. The SMILES string of the molecule is CC[C@H](C(=O)N[C@@H](C)CC)N(Cc1ccc(C)cc1)C(=O)CCSCc1ccccc1. The van der Waals surface area contributed by atoms with Gasteiger partial charge in [0.05, 0.1) is 0 Å². The second-order valence-electron chi connectivity index (χ2n) is 8.04. The van der Waals surface area contributed by atoms with Crippen molar-refractivity contribution in [1.29, 1.82) is 0 Å². The summed E-state index contributed by atoms with van der Waals surface area (Å²) in [6.07, 6.45) is 1.89. The molecule has 0 radical (unpaired) electrons. The minimum Gasteiger partial charge on any atom is -0.352 e. The van der Waals surface area contributed by atoms with E-state index in [1.165, 1.54) is 11.1 Å². The van der Waals surface area contributed by atoms with Gasteiger partial charge in [-0.2, -0.15) is 11.8 Å². The number of hydrogen-bond donors (Lipinski definition) is 1. The van der Waals surface area contributed by atoms with Gasteiger partial charge >= 0.3 is 0 Å². The highest BCUT2D eigenvalue weighted by molar-refractivity contribution is 7.98. The number of thioether (sulfide) groups is 1. The van der Waals surface area contributed by atoms with Crippen molar-refractivity contribution in [2.75, 3.05) is 5.75 Å². The Hall–Kier alpha value is -2.27. The average molecular weight is 441 g/mol. The van der Waals surface area contributed by atoms with E-state index in [0.29, 0.717) is 19.4 Å². The Kier molecular flexibility index (Phi) is 10.6. The van der Waals surface area contributed by atoms with Crippen LogP contribution in [0.15, 0.2) is 54.6 Å². The van der Waals surface area contributed by atoms with E-state index in [4.69, 9.17) is 0 Å². The Bertz CT molecular complexity index is 808. The summed E-state index contributed by atoms with van der Waals surface area (Å²) in [6, 6.07) is 18.1. The van der Waals surface area contributed by atoms with Crippen LogP contribution in [0, 0.1) is 6.92 Å². The number of rotatable bonds is 12. The lowest BCUT2D eigenvalue weighted by molar-refractivity contribution is -0.141. The van der Waals surface area contributed by atoms with Crippen LogP contribution < -0.4 is 5.32 Å². The van der Waals surface area contributed by atoms with Gasteiger partial charge in [0.25, 0.3) is 0 Å². The Balaban J connectivity index is 2.06. The fourth-order valence-corrected chi connectivity index (χ4v) is 4.21. The number of aryl methyl sites for hydroxylation is 1. The van der Waals surface area contributed by atoms with Crippen molar-refractivity contribution in [1.82, 2.24) is 10.2 Å². The topological polar surface area (TPSA) is 49.4 Å². The van der Waals surface area contributed by atoms with Gasteiger partial charge in [0, 0.05) is 30.5 Å². The van der Waals surface area contributed by atoms with Crippen molar-refractivity contribution in [2.45, 2.75) is 71.3 Å². The fourth-order valence-electron chi connectivity index (χ4n) is 3.32. The molecule has 2 amide bonds. The van der Waals surface area contributed by atoms with E-state index in [1.807, 2.05) is 70.2 Å². The zero-order valence-electron chi connectivity index (χ0n) is 19.3. The molecule has 0 fully saturated rings. The zero-order valence-corrected chi connectivity index (χ0v) is 20.1. The molecule has 0 aliphatic heterocycles. The molecule has 5 heteroatoms. The van der Waals surface area contributed by atoms with Crippen LogP contribution in [-0.2, 0) is 21.9 Å². The van der Waals surface area contributed by atoms with Gasteiger partial charge in [-0.1, -0.05) is 74.0 Å². The standard InChI is InChI=1S/C26H36N2O2S/c1-5-21(4)27-26(30)24(6-2)28(18-22-14-12-20(3)13-15-22)25(29)16-17-31-19-23-10-8-7-9-11-23/h7-15,21,24H,5-6,16-19H2,1-4H3,(H,27,30)/t21-,24+/m0/s1. The van der Waals surface area contributed by atoms with E-state index in [-0.39, 0.29) is 17.9 Å². The molecule has 0 aliphatic carbocycles. The van der Waals surface area contributed by atoms with E-state index in [2.05, 4.69) is 17.4 Å². The Labute approximate surface area is 191 Å². The molecule has 4 nitrogen and oxygen atoms in total. The first kappa shape index (κ1) is 25.0. The Morgan fingerprint density at radius 2 is 1.65 bits per heavy atom. The maximum atomic E-state index is 13.2. The summed E-state index contributed by atoms with van der Waals surface area (Å²) < 4.78 is 0. The van der Waals surface area contributed by atoms with Crippen LogP contribution in [0.1, 0.15) is 56.7 Å². The molecule has 0 aliphatic rings. The molecule has 0 saturated carbocycles. The summed E-state index contributed by atoms with van der Waals surface area (Å²) in [4.78, 5) is 27.9. The van der Waals surface area contributed by atoms with Gasteiger partial charge in [0.15, 0.2) is 0 Å². The summed E-state index contributed by atoms with van der Waals surface area (Å²) in [5.41, 5.74) is 3.49. The van der Waals surface area contributed by atoms with Crippen LogP contribution in [-0.4, -0.2) is 34.6 Å². The van der Waals surface area contributed by atoms with Crippen LogP contribution in [0.3, 0.4) is 0 Å². The number of carbonyl (C=O) groups excluding carboxylic acids is 2. The minimum atomic E-state index is -0.457. The first-order valence-electron chi connectivity index (χ1n) is 11.2. The number of benzene rings is 2. The molecule has 0 heterocycles. The largest absolute Gasteiger partial charge is 0.352 e. The first-order valence-corrected chi connectivity index (χ1v) is 12.4. The monoisotopic (exact) mass is 440 g/mol. The van der Waals surface area contributed by atoms with Gasteiger partial charge in [-0.15, -0.1) is 0 Å². The Morgan fingerprint density at radius 3 is 2.26 bits per heavy atom. The first-order chi connectivity index (χ1) is 14.9. The number of hydrogen-bond acceptors (Lipinski definition) is 3. The molecule has 1 N–H and O–H groups in total. The number of carbonyl (C=O) groups is 2. The molecule has 0 spiro atoms. The summed E-state index contributed by atoms with van der Waals surface area (Å²) in [5.74, 6) is 1.60. The van der Waals surface area contributed by atoms with E-state index < -0.39 is 6.04 Å². The summed E-state index contributed by atoms with van der Waals surface area (Å²) in [5, 5.41) is 3.06. The maximum Gasteiger partial charge on any atom is 0.243 e. The summed E-state index contributed by atoms with van der Waals surface area (Å²) in [7, 11) is 0.